The Bertz CT molecular complexity index is 1720. The fraction of sp³-hybridized carbons (Fsp3) is 0.469. The molecule has 0 unspecified atom stereocenters. The highest BCUT2D eigenvalue weighted by Gasteiger charge is 2.46. The van der Waals surface area contributed by atoms with E-state index in [1.807, 2.05) is 14.0 Å². The summed E-state index contributed by atoms with van der Waals surface area (Å²) in [6, 6.07) is 4.16. The van der Waals surface area contributed by atoms with E-state index in [1.165, 1.54) is 19.2 Å². The monoisotopic (exact) mass is 664 g/mol. The largest absolute Gasteiger partial charge is 0.495 e. The van der Waals surface area contributed by atoms with Gasteiger partial charge in [0.25, 0.3) is 17.7 Å². The zero-order valence-electron chi connectivity index (χ0n) is 25.9. The van der Waals surface area contributed by atoms with Crippen molar-refractivity contribution in [3.63, 3.8) is 0 Å². The SMILES string of the molecule is COc1cc(C(=O)NC2CC(F)(F)C2)c(F)cc1NCC#Cc1cc(C(=O)N[C@H]2CCN(C)C[C@@H]2C)c2ncn(CC(F)(F)F)c2c1. The summed E-state index contributed by atoms with van der Waals surface area (Å²) in [7, 11) is 3.30. The van der Waals surface area contributed by atoms with Crippen LogP contribution in [0.4, 0.5) is 32.0 Å². The van der Waals surface area contributed by atoms with Crippen molar-refractivity contribution in [3.8, 4) is 17.6 Å². The van der Waals surface area contributed by atoms with Gasteiger partial charge in [-0.1, -0.05) is 18.8 Å². The number of ether oxygens (including phenoxy) is 1. The van der Waals surface area contributed by atoms with Gasteiger partial charge < -0.3 is 30.2 Å². The number of benzene rings is 2. The van der Waals surface area contributed by atoms with Gasteiger partial charge >= 0.3 is 6.18 Å². The summed E-state index contributed by atoms with van der Waals surface area (Å²) in [5.74, 6) is 0.828. The molecule has 3 aromatic rings. The summed E-state index contributed by atoms with van der Waals surface area (Å²) >= 11 is 0. The van der Waals surface area contributed by atoms with Crippen LogP contribution in [0.1, 0.15) is 52.5 Å². The van der Waals surface area contributed by atoms with Gasteiger partial charge in [0.05, 0.1) is 42.3 Å². The number of carbonyl (C=O) groups is 2. The highest BCUT2D eigenvalue weighted by atomic mass is 19.4. The molecule has 0 spiro atoms. The van der Waals surface area contributed by atoms with Crippen molar-refractivity contribution in [2.45, 2.75) is 56.9 Å². The number of nitrogens with one attached hydrogen (secondary N) is 3. The standard InChI is InChI=1S/C32H34F6N6O3/c1-18-15-43(2)8-6-24(18)42-30(46)22-9-19(10-26-28(22)40-17-44(26)16-32(36,37)38)5-4-7-39-25-12-23(33)21(11-27(25)47-3)29(45)41-20-13-31(34,35)14-20/h9-12,17-18,20,24,39H,6-8,13-16H2,1-3H3,(H,41,45)(H,42,46)/t18-,24-/m0/s1. The van der Waals surface area contributed by atoms with E-state index in [-0.39, 0.29) is 57.7 Å². The van der Waals surface area contributed by atoms with Crippen LogP contribution in [0.3, 0.4) is 0 Å². The second-order valence-electron chi connectivity index (χ2n) is 12.1. The van der Waals surface area contributed by atoms with Gasteiger partial charge in [-0.2, -0.15) is 13.2 Å². The van der Waals surface area contributed by atoms with Gasteiger partial charge in [0.2, 0.25) is 0 Å². The summed E-state index contributed by atoms with van der Waals surface area (Å²) < 4.78 is 87.2. The van der Waals surface area contributed by atoms with Crippen LogP contribution in [0.25, 0.3) is 11.0 Å². The Morgan fingerprint density at radius 3 is 2.49 bits per heavy atom. The molecule has 9 nitrogen and oxygen atoms in total. The first-order chi connectivity index (χ1) is 22.1. The van der Waals surface area contributed by atoms with Crippen LogP contribution in [-0.2, 0) is 6.54 Å². The third-order valence-corrected chi connectivity index (χ3v) is 8.30. The molecular formula is C32H34F6N6O3. The lowest BCUT2D eigenvalue weighted by Gasteiger charge is -2.35. The van der Waals surface area contributed by atoms with E-state index in [2.05, 4.69) is 37.7 Å². The number of piperidine rings is 1. The molecular weight excluding hydrogens is 630 g/mol. The fourth-order valence-electron chi connectivity index (χ4n) is 5.89. The van der Waals surface area contributed by atoms with Crippen molar-refractivity contribution in [3.05, 3.63) is 53.1 Å². The second-order valence-corrected chi connectivity index (χ2v) is 12.1. The number of halogens is 6. The number of hydrogen-bond acceptors (Lipinski definition) is 6. The zero-order valence-corrected chi connectivity index (χ0v) is 25.9. The van der Waals surface area contributed by atoms with Gasteiger partial charge in [-0.15, -0.1) is 0 Å². The predicted octanol–water partition coefficient (Wildman–Crippen LogP) is 4.81. The maximum Gasteiger partial charge on any atom is 0.406 e. The summed E-state index contributed by atoms with van der Waals surface area (Å²) in [6.07, 6.45) is -3.80. The molecule has 0 bridgehead atoms. The highest BCUT2D eigenvalue weighted by Crippen LogP contribution is 2.38. The Hall–Kier alpha value is -4.45. The molecule has 5 rings (SSSR count). The Kier molecular flexibility index (Phi) is 9.63. The number of nitrogens with zero attached hydrogens (tertiary/aromatic N) is 3. The van der Waals surface area contributed by atoms with Crippen LogP contribution < -0.4 is 20.7 Å². The Morgan fingerprint density at radius 2 is 1.83 bits per heavy atom. The molecule has 1 aromatic heterocycles. The number of imidazole rings is 1. The number of rotatable bonds is 8. The number of likely N-dealkylation sites (tertiary alicyclic amines) is 1. The van der Waals surface area contributed by atoms with Crippen LogP contribution in [0.5, 0.6) is 5.75 Å². The molecule has 2 fully saturated rings. The Balaban J connectivity index is 1.34. The first-order valence-corrected chi connectivity index (χ1v) is 15.0. The molecule has 1 aliphatic heterocycles. The number of anilines is 1. The topological polar surface area (TPSA) is 101 Å². The van der Waals surface area contributed by atoms with Crippen molar-refractivity contribution >= 4 is 28.5 Å². The first kappa shape index (κ1) is 33.9. The smallest absolute Gasteiger partial charge is 0.406 e. The minimum atomic E-state index is -4.53. The van der Waals surface area contributed by atoms with Crippen molar-refractivity contribution in [2.24, 2.45) is 5.92 Å². The van der Waals surface area contributed by atoms with Crippen LogP contribution in [0.2, 0.25) is 0 Å². The first-order valence-electron chi connectivity index (χ1n) is 15.0. The number of fused-ring (bicyclic) bond motifs is 1. The predicted molar refractivity (Wildman–Crippen MR) is 162 cm³/mol. The Morgan fingerprint density at radius 1 is 1.11 bits per heavy atom. The van der Waals surface area contributed by atoms with Crippen molar-refractivity contribution in [2.75, 3.05) is 39.1 Å². The lowest BCUT2D eigenvalue weighted by Crippen LogP contribution is -2.50. The second kappa shape index (κ2) is 13.3. The maximum absolute atomic E-state index is 14.9. The van der Waals surface area contributed by atoms with Crippen LogP contribution in [0.15, 0.2) is 30.6 Å². The lowest BCUT2D eigenvalue weighted by molar-refractivity contribution is -0.140. The van der Waals surface area contributed by atoms with E-state index in [4.69, 9.17) is 4.74 Å². The van der Waals surface area contributed by atoms with Crippen LogP contribution >= 0.6 is 0 Å². The molecule has 47 heavy (non-hydrogen) atoms. The summed E-state index contributed by atoms with van der Waals surface area (Å²) in [5.41, 5.74) is 0.333. The average molecular weight is 665 g/mol. The molecule has 15 heteroatoms. The van der Waals surface area contributed by atoms with Crippen molar-refractivity contribution < 1.29 is 40.7 Å². The van der Waals surface area contributed by atoms with E-state index in [0.717, 1.165) is 42.5 Å². The third-order valence-electron chi connectivity index (χ3n) is 8.30. The molecule has 2 aromatic carbocycles. The van der Waals surface area contributed by atoms with E-state index in [1.54, 1.807) is 0 Å². The average Bonchev–Trinajstić information content (AvgIpc) is 3.36. The minimum Gasteiger partial charge on any atom is -0.495 e. The number of amides is 2. The summed E-state index contributed by atoms with van der Waals surface area (Å²) in [4.78, 5) is 32.2. The van der Waals surface area contributed by atoms with Gasteiger partial charge in [0.1, 0.15) is 23.6 Å². The van der Waals surface area contributed by atoms with E-state index >= 15 is 0 Å². The maximum atomic E-state index is 14.9. The van der Waals surface area contributed by atoms with E-state index in [0.29, 0.717) is 0 Å². The fourth-order valence-corrected chi connectivity index (χ4v) is 5.89. The Labute approximate surface area is 267 Å². The molecule has 1 saturated heterocycles. The van der Waals surface area contributed by atoms with E-state index in [9.17, 15) is 35.9 Å². The molecule has 252 valence electrons. The van der Waals surface area contributed by atoms with E-state index < -0.39 is 55.2 Å². The zero-order chi connectivity index (χ0) is 34.1. The number of carbonyl (C=O) groups excluding carboxylic acids is 2. The summed E-state index contributed by atoms with van der Waals surface area (Å²) in [5, 5.41) is 8.26. The molecule has 2 heterocycles. The van der Waals surface area contributed by atoms with Gasteiger partial charge in [-0.25, -0.2) is 18.2 Å². The normalized spacial score (nSPS) is 19.8. The molecule has 2 aliphatic rings. The quantitative estimate of drug-likeness (QED) is 0.236. The van der Waals surface area contributed by atoms with Crippen molar-refractivity contribution in [1.29, 1.82) is 0 Å². The third kappa shape index (κ3) is 8.10. The van der Waals surface area contributed by atoms with Gasteiger partial charge in [-0.05, 0) is 44.1 Å². The number of hydrogen-bond donors (Lipinski definition) is 3. The molecule has 2 amide bonds. The summed E-state index contributed by atoms with van der Waals surface area (Å²) in [6.45, 7) is 2.21. The van der Waals surface area contributed by atoms with Crippen LogP contribution in [-0.4, -0.2) is 84.2 Å². The molecule has 2 atom stereocenters. The van der Waals surface area contributed by atoms with Gasteiger partial charge in [-0.3, -0.25) is 9.59 Å². The number of methoxy groups -OCH3 is 1. The molecule has 0 radical (unpaired) electrons. The lowest BCUT2D eigenvalue weighted by atomic mass is 9.88. The van der Waals surface area contributed by atoms with Gasteiger partial charge in [0, 0.05) is 43.1 Å². The number of alkyl halides is 5. The molecule has 1 saturated carbocycles. The van der Waals surface area contributed by atoms with Gasteiger partial charge in [0.15, 0.2) is 0 Å². The molecule has 3 N–H and O–H groups in total. The minimum absolute atomic E-state index is 0.0764. The highest BCUT2D eigenvalue weighted by molar-refractivity contribution is 6.05. The number of aromatic nitrogens is 2. The van der Waals surface area contributed by atoms with Crippen molar-refractivity contribution in [1.82, 2.24) is 25.1 Å². The van der Waals surface area contributed by atoms with Crippen LogP contribution in [0, 0.1) is 23.6 Å². The molecule has 1 aliphatic carbocycles.